The highest BCUT2D eigenvalue weighted by molar-refractivity contribution is 5.76. The Hall–Kier alpha value is -2.57. The zero-order valence-electron chi connectivity index (χ0n) is 17.9. The first-order valence-corrected chi connectivity index (χ1v) is 11.6. The molecule has 6 rings (SSSR count). The number of rotatable bonds is 4. The number of nitrogens with zero attached hydrogens (tertiary/aromatic N) is 3. The maximum absolute atomic E-state index is 5.76. The summed E-state index contributed by atoms with van der Waals surface area (Å²) in [7, 11) is 0. The third-order valence-electron chi connectivity index (χ3n) is 6.98. The van der Waals surface area contributed by atoms with Crippen molar-refractivity contribution >= 4 is 11.0 Å². The zero-order valence-corrected chi connectivity index (χ0v) is 17.9. The molecule has 3 aliphatic heterocycles. The first-order chi connectivity index (χ1) is 15.3. The Balaban J connectivity index is 1.18. The van der Waals surface area contributed by atoms with Crippen LogP contribution in [0.5, 0.6) is 11.5 Å². The van der Waals surface area contributed by atoms with E-state index in [-0.39, 0.29) is 0 Å². The van der Waals surface area contributed by atoms with Crippen LogP contribution in [0.1, 0.15) is 42.6 Å². The molecule has 0 saturated carbocycles. The molecule has 1 aromatic heterocycles. The van der Waals surface area contributed by atoms with Crippen LogP contribution in [0, 0.1) is 0 Å². The molecule has 6 nitrogen and oxygen atoms in total. The Labute approximate surface area is 183 Å². The topological polar surface area (TPSA) is 51.6 Å². The van der Waals surface area contributed by atoms with Crippen molar-refractivity contribution in [3.8, 4) is 11.5 Å². The maximum Gasteiger partial charge on any atom is 0.161 e. The van der Waals surface area contributed by atoms with Crippen LogP contribution >= 0.6 is 0 Å². The standard InChI is InChI=1S/C25H30N4O2/c1-2-4-22-21(3-1)27-25(19-7-10-26-16-19)29(22)20-8-11-28(12-9-20)17-18-5-6-23-24(15-18)31-14-13-30-23/h1-6,15,19-20,26H,7-14,16-17H2. The van der Waals surface area contributed by atoms with Crippen molar-refractivity contribution in [1.29, 1.82) is 0 Å². The molecule has 0 radical (unpaired) electrons. The van der Waals surface area contributed by atoms with Crippen LogP contribution in [0.2, 0.25) is 0 Å². The van der Waals surface area contributed by atoms with Gasteiger partial charge in [-0.1, -0.05) is 18.2 Å². The normalized spacial score (nSPS) is 22.3. The number of aromatic nitrogens is 2. The number of hydrogen-bond donors (Lipinski definition) is 1. The first-order valence-electron chi connectivity index (χ1n) is 11.6. The van der Waals surface area contributed by atoms with Gasteiger partial charge in [0.1, 0.15) is 19.0 Å². The van der Waals surface area contributed by atoms with E-state index in [1.165, 1.54) is 23.3 Å². The molecular formula is C25H30N4O2. The molecule has 0 amide bonds. The van der Waals surface area contributed by atoms with E-state index < -0.39 is 0 Å². The Morgan fingerprint density at radius 1 is 0.968 bits per heavy atom. The summed E-state index contributed by atoms with van der Waals surface area (Å²) in [5.41, 5.74) is 3.74. The van der Waals surface area contributed by atoms with Gasteiger partial charge in [-0.25, -0.2) is 4.98 Å². The van der Waals surface area contributed by atoms with Gasteiger partial charge in [0.2, 0.25) is 0 Å². The molecule has 1 N–H and O–H groups in total. The van der Waals surface area contributed by atoms with Gasteiger partial charge in [0, 0.05) is 38.1 Å². The Morgan fingerprint density at radius 2 is 1.81 bits per heavy atom. The second-order valence-electron chi connectivity index (χ2n) is 9.00. The van der Waals surface area contributed by atoms with Gasteiger partial charge in [-0.15, -0.1) is 0 Å². The average Bonchev–Trinajstić information content (AvgIpc) is 3.48. The molecule has 3 aliphatic rings. The Bertz CT molecular complexity index is 1060. The molecular weight excluding hydrogens is 388 g/mol. The van der Waals surface area contributed by atoms with E-state index in [0.717, 1.165) is 62.6 Å². The summed E-state index contributed by atoms with van der Waals surface area (Å²) in [6, 6.07) is 15.6. The predicted octanol–water partition coefficient (Wildman–Crippen LogP) is 3.72. The monoisotopic (exact) mass is 418 g/mol. The minimum Gasteiger partial charge on any atom is -0.486 e. The van der Waals surface area contributed by atoms with Crippen LogP contribution in [0.3, 0.4) is 0 Å². The fourth-order valence-electron chi connectivity index (χ4n) is 5.39. The van der Waals surface area contributed by atoms with E-state index in [2.05, 4.69) is 57.2 Å². The third kappa shape index (κ3) is 3.68. The van der Waals surface area contributed by atoms with Crippen LogP contribution in [0.25, 0.3) is 11.0 Å². The van der Waals surface area contributed by atoms with Gasteiger partial charge in [-0.3, -0.25) is 4.90 Å². The highest BCUT2D eigenvalue weighted by atomic mass is 16.6. The largest absolute Gasteiger partial charge is 0.486 e. The van der Waals surface area contributed by atoms with Crippen molar-refractivity contribution in [3.05, 3.63) is 53.9 Å². The van der Waals surface area contributed by atoms with Crippen molar-refractivity contribution in [2.24, 2.45) is 0 Å². The van der Waals surface area contributed by atoms with Gasteiger partial charge in [-0.05, 0) is 55.6 Å². The van der Waals surface area contributed by atoms with Crippen molar-refractivity contribution in [2.45, 2.75) is 37.8 Å². The lowest BCUT2D eigenvalue weighted by molar-refractivity contribution is 0.168. The average molecular weight is 419 g/mol. The fourth-order valence-corrected chi connectivity index (χ4v) is 5.39. The van der Waals surface area contributed by atoms with Crippen LogP contribution in [-0.4, -0.2) is 53.8 Å². The smallest absolute Gasteiger partial charge is 0.161 e. The van der Waals surface area contributed by atoms with Crippen LogP contribution in [0.4, 0.5) is 0 Å². The molecule has 162 valence electrons. The molecule has 3 aromatic rings. The van der Waals surface area contributed by atoms with E-state index >= 15 is 0 Å². The summed E-state index contributed by atoms with van der Waals surface area (Å²) < 4.78 is 14.0. The second-order valence-corrected chi connectivity index (χ2v) is 9.00. The van der Waals surface area contributed by atoms with Gasteiger partial charge in [-0.2, -0.15) is 0 Å². The molecule has 1 unspecified atom stereocenters. The molecule has 2 saturated heterocycles. The van der Waals surface area contributed by atoms with E-state index in [9.17, 15) is 0 Å². The van der Waals surface area contributed by atoms with Crippen molar-refractivity contribution in [3.63, 3.8) is 0 Å². The molecule has 6 heteroatoms. The molecule has 0 bridgehead atoms. The first kappa shape index (κ1) is 19.1. The molecule has 31 heavy (non-hydrogen) atoms. The number of nitrogens with one attached hydrogen (secondary N) is 1. The number of hydrogen-bond acceptors (Lipinski definition) is 5. The number of likely N-dealkylation sites (tertiary alicyclic amines) is 1. The number of ether oxygens (including phenoxy) is 2. The summed E-state index contributed by atoms with van der Waals surface area (Å²) in [5.74, 6) is 3.58. The van der Waals surface area contributed by atoms with Crippen LogP contribution in [-0.2, 0) is 6.54 Å². The molecule has 2 aromatic carbocycles. The van der Waals surface area contributed by atoms with Crippen LogP contribution < -0.4 is 14.8 Å². The Morgan fingerprint density at radius 3 is 2.65 bits per heavy atom. The minimum atomic E-state index is 0.527. The number of fused-ring (bicyclic) bond motifs is 2. The summed E-state index contributed by atoms with van der Waals surface area (Å²) in [4.78, 5) is 7.65. The van der Waals surface area contributed by atoms with E-state index in [4.69, 9.17) is 14.5 Å². The number of piperidine rings is 1. The lowest BCUT2D eigenvalue weighted by atomic mass is 10.0. The molecule has 0 aliphatic carbocycles. The fraction of sp³-hybridized carbons (Fsp3) is 0.480. The Kier molecular flexibility index (Phi) is 5.04. The molecule has 1 atom stereocenters. The van der Waals surface area contributed by atoms with E-state index in [0.29, 0.717) is 25.2 Å². The highest BCUT2D eigenvalue weighted by Crippen LogP contribution is 2.35. The van der Waals surface area contributed by atoms with Gasteiger partial charge < -0.3 is 19.4 Å². The van der Waals surface area contributed by atoms with Crippen molar-refractivity contribution < 1.29 is 9.47 Å². The van der Waals surface area contributed by atoms with E-state index in [1.54, 1.807) is 0 Å². The van der Waals surface area contributed by atoms with Gasteiger partial charge >= 0.3 is 0 Å². The van der Waals surface area contributed by atoms with E-state index in [1.807, 2.05) is 0 Å². The summed E-state index contributed by atoms with van der Waals surface area (Å²) in [5, 5.41) is 3.52. The highest BCUT2D eigenvalue weighted by Gasteiger charge is 2.29. The second kappa shape index (κ2) is 8.17. The van der Waals surface area contributed by atoms with Gasteiger partial charge in [0.05, 0.1) is 11.0 Å². The lowest BCUT2D eigenvalue weighted by Crippen LogP contribution is -2.35. The number of imidazole rings is 1. The predicted molar refractivity (Wildman–Crippen MR) is 121 cm³/mol. The summed E-state index contributed by atoms with van der Waals surface area (Å²) in [6.45, 7) is 6.60. The summed E-state index contributed by atoms with van der Waals surface area (Å²) >= 11 is 0. The zero-order chi connectivity index (χ0) is 20.6. The molecule has 0 spiro atoms. The van der Waals surface area contributed by atoms with Crippen LogP contribution in [0.15, 0.2) is 42.5 Å². The van der Waals surface area contributed by atoms with Crippen molar-refractivity contribution in [1.82, 2.24) is 19.8 Å². The maximum atomic E-state index is 5.76. The third-order valence-corrected chi connectivity index (χ3v) is 6.98. The van der Waals surface area contributed by atoms with Gasteiger partial charge in [0.25, 0.3) is 0 Å². The lowest BCUT2D eigenvalue weighted by Gasteiger charge is -2.34. The number of para-hydroxylation sites is 2. The molecule has 2 fully saturated rings. The summed E-state index contributed by atoms with van der Waals surface area (Å²) in [6.07, 6.45) is 3.52. The van der Waals surface area contributed by atoms with Gasteiger partial charge in [0.15, 0.2) is 11.5 Å². The SMILES string of the molecule is c1ccc2c(c1)nc(C1CCNC1)n2C1CCN(Cc2ccc3c(c2)OCCO3)CC1. The quantitative estimate of drug-likeness (QED) is 0.700. The minimum absolute atomic E-state index is 0.527. The molecule has 4 heterocycles. The van der Waals surface area contributed by atoms with Crippen molar-refractivity contribution in [2.75, 3.05) is 39.4 Å². The number of benzene rings is 2.